The number of piperazine rings is 1. The highest BCUT2D eigenvalue weighted by Crippen LogP contribution is 2.25. The molecule has 1 fully saturated rings. The van der Waals surface area contributed by atoms with E-state index in [-0.39, 0.29) is 16.8 Å². The Balaban J connectivity index is 1.40. The van der Waals surface area contributed by atoms with Crippen LogP contribution in [0.25, 0.3) is 6.08 Å². The number of fused-ring (bicyclic) bond motifs is 1. The Morgan fingerprint density at radius 1 is 1.13 bits per heavy atom. The van der Waals surface area contributed by atoms with E-state index in [1.54, 1.807) is 30.3 Å². The molecule has 4 rings (SSSR count). The quantitative estimate of drug-likeness (QED) is 0.726. The maximum absolute atomic E-state index is 13.8. The van der Waals surface area contributed by atoms with Gasteiger partial charge in [-0.05, 0) is 54.5 Å². The number of ketones is 1. The van der Waals surface area contributed by atoms with E-state index in [1.807, 2.05) is 11.8 Å². The molecule has 2 aromatic rings. The highest BCUT2D eigenvalue weighted by atomic mass is 35.5. The lowest BCUT2D eigenvalue weighted by Crippen LogP contribution is -2.56. The first kappa shape index (κ1) is 21.1. The van der Waals surface area contributed by atoms with E-state index >= 15 is 0 Å². The molecule has 1 heterocycles. The highest BCUT2D eigenvalue weighted by molar-refractivity contribution is 6.39. The maximum atomic E-state index is 13.8. The normalized spacial score (nSPS) is 18.0. The van der Waals surface area contributed by atoms with Crippen LogP contribution in [0.15, 0.2) is 42.5 Å². The first-order valence-electron chi connectivity index (χ1n) is 9.97. The summed E-state index contributed by atoms with van der Waals surface area (Å²) in [5.41, 5.74) is 2.92. The van der Waals surface area contributed by atoms with Gasteiger partial charge in [-0.25, -0.2) is 4.39 Å². The summed E-state index contributed by atoms with van der Waals surface area (Å²) >= 11 is 5.75. The molecule has 0 aromatic heterocycles. The molecule has 0 radical (unpaired) electrons. The van der Waals surface area contributed by atoms with Crippen molar-refractivity contribution in [3.05, 3.63) is 64.4 Å². The van der Waals surface area contributed by atoms with Gasteiger partial charge in [-0.1, -0.05) is 23.7 Å². The Hall–Kier alpha value is -3.19. The standard InChI is InChI=1S/C23H21ClFN3O3/c1-14-13-27(18-5-7-20(24)21(25)12-18)8-9-28(14)23(31)22(30)26-17-4-2-16-11-19(29)6-3-15(16)10-17/h2-7,10,12,14H,8-9,11,13H2,1H3,(H,26,30)/t14-/m1/s1. The summed E-state index contributed by atoms with van der Waals surface area (Å²) in [7, 11) is 0. The molecule has 1 saturated heterocycles. The van der Waals surface area contributed by atoms with Crippen LogP contribution < -0.4 is 10.2 Å². The van der Waals surface area contributed by atoms with Crippen LogP contribution in [0.3, 0.4) is 0 Å². The van der Waals surface area contributed by atoms with Crippen LogP contribution in [0, 0.1) is 5.82 Å². The summed E-state index contributed by atoms with van der Waals surface area (Å²) in [4.78, 5) is 40.3. The van der Waals surface area contributed by atoms with Crippen molar-refractivity contribution in [2.45, 2.75) is 19.4 Å². The lowest BCUT2D eigenvalue weighted by atomic mass is 9.96. The number of hydrogen-bond donors (Lipinski definition) is 1. The van der Waals surface area contributed by atoms with Crippen molar-refractivity contribution < 1.29 is 18.8 Å². The number of nitrogens with one attached hydrogen (secondary N) is 1. The Bertz CT molecular complexity index is 1100. The molecule has 160 valence electrons. The van der Waals surface area contributed by atoms with Gasteiger partial charge in [0.05, 0.1) is 5.02 Å². The van der Waals surface area contributed by atoms with E-state index in [2.05, 4.69) is 5.32 Å². The molecule has 0 saturated carbocycles. The minimum atomic E-state index is -0.714. The molecule has 1 atom stereocenters. The third kappa shape index (κ3) is 4.46. The smallest absolute Gasteiger partial charge is 0.313 e. The second kappa shape index (κ2) is 8.51. The van der Waals surface area contributed by atoms with Gasteiger partial charge in [-0.3, -0.25) is 14.4 Å². The maximum Gasteiger partial charge on any atom is 0.313 e. The van der Waals surface area contributed by atoms with Crippen LogP contribution in [0.4, 0.5) is 15.8 Å². The van der Waals surface area contributed by atoms with Crippen molar-refractivity contribution in [2.24, 2.45) is 0 Å². The first-order valence-corrected chi connectivity index (χ1v) is 10.4. The molecule has 1 aliphatic heterocycles. The van der Waals surface area contributed by atoms with Crippen molar-refractivity contribution >= 4 is 46.6 Å². The van der Waals surface area contributed by atoms with Crippen LogP contribution >= 0.6 is 11.6 Å². The van der Waals surface area contributed by atoms with E-state index in [1.165, 1.54) is 23.1 Å². The van der Waals surface area contributed by atoms with Crippen LogP contribution in [-0.4, -0.2) is 48.2 Å². The molecule has 0 spiro atoms. The second-order valence-electron chi connectivity index (χ2n) is 7.74. The van der Waals surface area contributed by atoms with Gasteiger partial charge < -0.3 is 15.1 Å². The number of nitrogens with zero attached hydrogens (tertiary/aromatic N) is 2. The van der Waals surface area contributed by atoms with Crippen LogP contribution in [-0.2, 0) is 20.8 Å². The van der Waals surface area contributed by atoms with E-state index in [4.69, 9.17) is 11.6 Å². The summed E-state index contributed by atoms with van der Waals surface area (Å²) in [6.45, 7) is 3.14. The van der Waals surface area contributed by atoms with Crippen LogP contribution in [0.2, 0.25) is 5.02 Å². The summed E-state index contributed by atoms with van der Waals surface area (Å²) in [6.07, 6.45) is 3.55. The molecule has 2 aromatic carbocycles. The van der Waals surface area contributed by atoms with Crippen LogP contribution in [0.5, 0.6) is 0 Å². The van der Waals surface area contributed by atoms with Gasteiger partial charge in [0.2, 0.25) is 0 Å². The molecule has 0 unspecified atom stereocenters. The van der Waals surface area contributed by atoms with Crippen molar-refractivity contribution in [3.8, 4) is 0 Å². The summed E-state index contributed by atoms with van der Waals surface area (Å²) in [5.74, 6) is -1.78. The van der Waals surface area contributed by atoms with Gasteiger partial charge in [-0.15, -0.1) is 0 Å². The van der Waals surface area contributed by atoms with Gasteiger partial charge in [-0.2, -0.15) is 0 Å². The molecule has 1 aliphatic carbocycles. The van der Waals surface area contributed by atoms with E-state index in [9.17, 15) is 18.8 Å². The van der Waals surface area contributed by atoms with Gasteiger partial charge in [0.25, 0.3) is 0 Å². The summed E-state index contributed by atoms with van der Waals surface area (Å²) in [5, 5.41) is 2.71. The van der Waals surface area contributed by atoms with Gasteiger partial charge >= 0.3 is 11.8 Å². The van der Waals surface area contributed by atoms with E-state index in [0.29, 0.717) is 37.4 Å². The number of carbonyl (C=O) groups excluding carboxylic acids is 3. The van der Waals surface area contributed by atoms with Crippen molar-refractivity contribution in [1.82, 2.24) is 4.90 Å². The Labute approximate surface area is 184 Å². The second-order valence-corrected chi connectivity index (χ2v) is 8.14. The summed E-state index contributed by atoms with van der Waals surface area (Å²) < 4.78 is 13.8. The highest BCUT2D eigenvalue weighted by Gasteiger charge is 2.31. The van der Waals surface area contributed by atoms with Gasteiger partial charge in [0.15, 0.2) is 5.78 Å². The van der Waals surface area contributed by atoms with Gasteiger partial charge in [0, 0.05) is 43.5 Å². The molecule has 8 heteroatoms. The number of anilines is 2. The molecule has 0 bridgehead atoms. The summed E-state index contributed by atoms with van der Waals surface area (Å²) in [6, 6.07) is 9.60. The molecule has 31 heavy (non-hydrogen) atoms. The number of rotatable bonds is 2. The third-order valence-electron chi connectivity index (χ3n) is 5.57. The molecule has 2 aliphatic rings. The fraction of sp³-hybridized carbons (Fsp3) is 0.261. The van der Waals surface area contributed by atoms with E-state index in [0.717, 1.165) is 11.1 Å². The van der Waals surface area contributed by atoms with Crippen molar-refractivity contribution in [2.75, 3.05) is 29.9 Å². The first-order chi connectivity index (χ1) is 14.8. The van der Waals surface area contributed by atoms with Crippen molar-refractivity contribution in [1.29, 1.82) is 0 Å². The molecule has 1 N–H and O–H groups in total. The molecular formula is C23H21ClFN3O3. The Morgan fingerprint density at radius 3 is 2.68 bits per heavy atom. The fourth-order valence-electron chi connectivity index (χ4n) is 3.91. The largest absolute Gasteiger partial charge is 0.368 e. The topological polar surface area (TPSA) is 69.7 Å². The third-order valence-corrected chi connectivity index (χ3v) is 5.87. The molecule has 2 amide bonds. The lowest BCUT2D eigenvalue weighted by Gasteiger charge is -2.40. The minimum absolute atomic E-state index is 0.0360. The molecular weight excluding hydrogens is 421 g/mol. The molecule has 6 nitrogen and oxygen atoms in total. The monoisotopic (exact) mass is 441 g/mol. The number of carbonyl (C=O) groups is 3. The van der Waals surface area contributed by atoms with Crippen molar-refractivity contribution in [3.63, 3.8) is 0 Å². The fourth-order valence-corrected chi connectivity index (χ4v) is 4.03. The van der Waals surface area contributed by atoms with E-state index < -0.39 is 17.6 Å². The van der Waals surface area contributed by atoms with Crippen LogP contribution in [0.1, 0.15) is 18.1 Å². The average molecular weight is 442 g/mol. The zero-order valence-electron chi connectivity index (χ0n) is 16.9. The lowest BCUT2D eigenvalue weighted by molar-refractivity contribution is -0.144. The zero-order valence-corrected chi connectivity index (χ0v) is 17.7. The number of hydrogen-bond acceptors (Lipinski definition) is 4. The average Bonchev–Trinajstić information content (AvgIpc) is 2.75. The zero-order chi connectivity index (χ0) is 22.1. The Kier molecular flexibility index (Phi) is 5.78. The minimum Gasteiger partial charge on any atom is -0.368 e. The number of halogens is 2. The Morgan fingerprint density at radius 2 is 1.94 bits per heavy atom. The predicted octanol–water partition coefficient (Wildman–Crippen LogP) is 3.29. The SMILES string of the molecule is C[C@@H]1CN(c2ccc(Cl)c(F)c2)CCN1C(=O)C(=O)Nc1ccc2c(c1)C=CC(=O)C2. The predicted molar refractivity (Wildman–Crippen MR) is 118 cm³/mol. The number of amides is 2. The number of allylic oxidation sites excluding steroid dienone is 1. The van der Waals surface area contributed by atoms with Gasteiger partial charge in [0.1, 0.15) is 5.82 Å². The number of benzene rings is 2.